The van der Waals surface area contributed by atoms with Gasteiger partial charge in [0.25, 0.3) is 0 Å². The summed E-state index contributed by atoms with van der Waals surface area (Å²) < 4.78 is 1.55. The van der Waals surface area contributed by atoms with Crippen LogP contribution in [0.3, 0.4) is 0 Å². The SMILES string of the molecule is O=C(O)C(c1ccccc1)n1ncc2ccccc21. The molecule has 1 heterocycles. The van der Waals surface area contributed by atoms with Gasteiger partial charge in [-0.05, 0) is 11.6 Å². The first-order chi connectivity index (χ1) is 9.27. The van der Waals surface area contributed by atoms with Crippen molar-refractivity contribution in [1.82, 2.24) is 9.78 Å². The zero-order valence-electron chi connectivity index (χ0n) is 10.1. The van der Waals surface area contributed by atoms with Gasteiger partial charge in [-0.25, -0.2) is 9.48 Å². The molecular formula is C15H12N2O2. The predicted octanol–water partition coefficient (Wildman–Crippen LogP) is 2.71. The molecule has 3 rings (SSSR count). The fraction of sp³-hybridized carbons (Fsp3) is 0.0667. The van der Waals surface area contributed by atoms with Crippen molar-refractivity contribution in [3.8, 4) is 0 Å². The molecule has 19 heavy (non-hydrogen) atoms. The molecule has 3 aromatic rings. The second-order valence-electron chi connectivity index (χ2n) is 4.30. The van der Waals surface area contributed by atoms with Crippen molar-refractivity contribution in [2.45, 2.75) is 6.04 Å². The van der Waals surface area contributed by atoms with E-state index in [1.807, 2.05) is 42.5 Å². The van der Waals surface area contributed by atoms with Gasteiger partial charge in [-0.3, -0.25) is 0 Å². The van der Waals surface area contributed by atoms with Crippen LogP contribution in [0.1, 0.15) is 11.6 Å². The Balaban J connectivity index is 2.18. The highest BCUT2D eigenvalue weighted by Crippen LogP contribution is 2.23. The van der Waals surface area contributed by atoms with Gasteiger partial charge in [-0.2, -0.15) is 5.10 Å². The van der Waals surface area contributed by atoms with Gasteiger partial charge < -0.3 is 5.11 Å². The number of para-hydroxylation sites is 1. The molecule has 0 radical (unpaired) electrons. The molecule has 0 amide bonds. The quantitative estimate of drug-likeness (QED) is 0.779. The Kier molecular flexibility index (Phi) is 2.76. The molecule has 0 aliphatic rings. The highest BCUT2D eigenvalue weighted by Gasteiger charge is 2.23. The molecule has 0 saturated heterocycles. The lowest BCUT2D eigenvalue weighted by molar-refractivity contribution is -0.139. The molecule has 0 fully saturated rings. The Bertz CT molecular complexity index is 719. The fourth-order valence-electron chi connectivity index (χ4n) is 2.22. The molecule has 2 aromatic carbocycles. The van der Waals surface area contributed by atoms with E-state index in [1.54, 1.807) is 23.0 Å². The third-order valence-corrected chi connectivity index (χ3v) is 3.10. The number of carboxylic acids is 1. The van der Waals surface area contributed by atoms with E-state index in [0.29, 0.717) is 5.56 Å². The van der Waals surface area contributed by atoms with Crippen LogP contribution in [0.15, 0.2) is 60.8 Å². The Labute approximate surface area is 109 Å². The Morgan fingerprint density at radius 3 is 2.47 bits per heavy atom. The topological polar surface area (TPSA) is 55.1 Å². The number of fused-ring (bicyclic) bond motifs is 1. The van der Waals surface area contributed by atoms with Crippen LogP contribution in [0.2, 0.25) is 0 Å². The maximum absolute atomic E-state index is 11.6. The Morgan fingerprint density at radius 2 is 1.74 bits per heavy atom. The van der Waals surface area contributed by atoms with Gasteiger partial charge in [-0.15, -0.1) is 0 Å². The second kappa shape index (κ2) is 4.57. The van der Waals surface area contributed by atoms with Crippen LogP contribution in [0, 0.1) is 0 Å². The number of hydrogen-bond acceptors (Lipinski definition) is 2. The standard InChI is InChI=1S/C15H12N2O2/c18-15(19)14(11-6-2-1-3-7-11)17-13-9-5-4-8-12(13)10-16-17/h1-10,14H,(H,18,19). The van der Waals surface area contributed by atoms with Crippen LogP contribution in [0.25, 0.3) is 10.9 Å². The highest BCUT2D eigenvalue weighted by atomic mass is 16.4. The first-order valence-electron chi connectivity index (χ1n) is 5.97. The van der Waals surface area contributed by atoms with Crippen molar-refractivity contribution in [1.29, 1.82) is 0 Å². The summed E-state index contributed by atoms with van der Waals surface area (Å²) in [6, 6.07) is 15.9. The maximum Gasteiger partial charge on any atom is 0.333 e. The van der Waals surface area contributed by atoms with Crippen molar-refractivity contribution < 1.29 is 9.90 Å². The molecule has 1 N–H and O–H groups in total. The molecule has 4 heteroatoms. The average Bonchev–Trinajstić information content (AvgIpc) is 2.84. The van der Waals surface area contributed by atoms with Crippen LogP contribution in [-0.4, -0.2) is 20.9 Å². The lowest BCUT2D eigenvalue weighted by Gasteiger charge is -2.14. The predicted molar refractivity (Wildman–Crippen MR) is 71.9 cm³/mol. The summed E-state index contributed by atoms with van der Waals surface area (Å²) in [6.07, 6.45) is 1.69. The zero-order valence-corrected chi connectivity index (χ0v) is 10.1. The number of carboxylic acid groups (broad SMARTS) is 1. The number of benzene rings is 2. The largest absolute Gasteiger partial charge is 0.479 e. The molecule has 1 unspecified atom stereocenters. The summed E-state index contributed by atoms with van der Waals surface area (Å²) in [5, 5.41) is 14.7. The molecule has 0 aliphatic heterocycles. The van der Waals surface area contributed by atoms with Gasteiger partial charge in [0.1, 0.15) is 0 Å². The van der Waals surface area contributed by atoms with E-state index in [2.05, 4.69) is 5.10 Å². The van der Waals surface area contributed by atoms with Crippen LogP contribution in [0.4, 0.5) is 0 Å². The smallest absolute Gasteiger partial charge is 0.333 e. The number of nitrogens with zero attached hydrogens (tertiary/aromatic N) is 2. The van der Waals surface area contributed by atoms with Crippen molar-refractivity contribution >= 4 is 16.9 Å². The van der Waals surface area contributed by atoms with Gasteiger partial charge in [0.15, 0.2) is 6.04 Å². The molecule has 1 aromatic heterocycles. The van der Waals surface area contributed by atoms with E-state index in [9.17, 15) is 9.90 Å². The van der Waals surface area contributed by atoms with E-state index in [-0.39, 0.29) is 0 Å². The second-order valence-corrected chi connectivity index (χ2v) is 4.30. The van der Waals surface area contributed by atoms with Crippen LogP contribution >= 0.6 is 0 Å². The van der Waals surface area contributed by atoms with Gasteiger partial charge in [-0.1, -0.05) is 48.5 Å². The molecule has 0 saturated carbocycles. The van der Waals surface area contributed by atoms with Crippen molar-refractivity contribution in [3.05, 3.63) is 66.4 Å². The van der Waals surface area contributed by atoms with Crippen LogP contribution in [-0.2, 0) is 4.79 Å². The molecule has 4 nitrogen and oxygen atoms in total. The third-order valence-electron chi connectivity index (χ3n) is 3.10. The zero-order chi connectivity index (χ0) is 13.2. The van der Waals surface area contributed by atoms with Crippen LogP contribution in [0.5, 0.6) is 0 Å². The van der Waals surface area contributed by atoms with E-state index in [0.717, 1.165) is 10.9 Å². The summed E-state index contributed by atoms with van der Waals surface area (Å²) in [6.45, 7) is 0. The Hall–Kier alpha value is -2.62. The van der Waals surface area contributed by atoms with E-state index < -0.39 is 12.0 Å². The summed E-state index contributed by atoms with van der Waals surface area (Å²) in [7, 11) is 0. The molecule has 0 bridgehead atoms. The summed E-state index contributed by atoms with van der Waals surface area (Å²) in [4.78, 5) is 11.6. The van der Waals surface area contributed by atoms with Crippen molar-refractivity contribution in [2.75, 3.05) is 0 Å². The minimum absolute atomic E-state index is 0.712. The highest BCUT2D eigenvalue weighted by molar-refractivity contribution is 5.83. The number of aromatic nitrogens is 2. The van der Waals surface area contributed by atoms with Gasteiger partial charge in [0, 0.05) is 5.39 Å². The number of rotatable bonds is 3. The number of carbonyl (C=O) groups is 1. The van der Waals surface area contributed by atoms with Crippen molar-refractivity contribution in [3.63, 3.8) is 0 Å². The summed E-state index contributed by atoms with van der Waals surface area (Å²) in [5.41, 5.74) is 1.53. The molecule has 0 aliphatic carbocycles. The molecule has 1 atom stereocenters. The fourth-order valence-corrected chi connectivity index (χ4v) is 2.22. The van der Waals surface area contributed by atoms with E-state index >= 15 is 0 Å². The lowest BCUT2D eigenvalue weighted by atomic mass is 10.1. The minimum Gasteiger partial charge on any atom is -0.479 e. The monoisotopic (exact) mass is 252 g/mol. The molecular weight excluding hydrogens is 240 g/mol. The van der Waals surface area contributed by atoms with Gasteiger partial charge >= 0.3 is 5.97 Å². The first-order valence-corrected chi connectivity index (χ1v) is 5.97. The average molecular weight is 252 g/mol. The minimum atomic E-state index is -0.917. The number of hydrogen-bond donors (Lipinski definition) is 1. The first kappa shape index (κ1) is 11.5. The maximum atomic E-state index is 11.6. The third kappa shape index (κ3) is 1.97. The van der Waals surface area contributed by atoms with E-state index in [4.69, 9.17) is 0 Å². The lowest BCUT2D eigenvalue weighted by Crippen LogP contribution is -2.21. The van der Waals surface area contributed by atoms with Gasteiger partial charge in [0.2, 0.25) is 0 Å². The molecule has 0 spiro atoms. The van der Waals surface area contributed by atoms with Crippen LogP contribution < -0.4 is 0 Å². The van der Waals surface area contributed by atoms with Crippen molar-refractivity contribution in [2.24, 2.45) is 0 Å². The normalized spacial score (nSPS) is 12.4. The number of aliphatic carboxylic acids is 1. The summed E-state index contributed by atoms with van der Waals surface area (Å²) >= 11 is 0. The molecule has 94 valence electrons. The summed E-state index contributed by atoms with van der Waals surface area (Å²) in [5.74, 6) is -0.917. The van der Waals surface area contributed by atoms with Gasteiger partial charge in [0.05, 0.1) is 11.7 Å². The Morgan fingerprint density at radius 1 is 1.05 bits per heavy atom. The van der Waals surface area contributed by atoms with E-state index in [1.165, 1.54) is 0 Å².